The van der Waals surface area contributed by atoms with Gasteiger partial charge in [-0.05, 0) is 116 Å². The van der Waals surface area contributed by atoms with Gasteiger partial charge >= 0.3 is 17.9 Å². The molecule has 67 heavy (non-hydrogen) atoms. The second-order valence-electron chi connectivity index (χ2n) is 18.5. The molecule has 0 saturated carbocycles. The van der Waals surface area contributed by atoms with E-state index in [0.717, 1.165) is 109 Å². The van der Waals surface area contributed by atoms with E-state index in [4.69, 9.17) is 14.2 Å². The molecule has 0 rings (SSSR count). The summed E-state index contributed by atoms with van der Waals surface area (Å²) in [7, 11) is 0. The van der Waals surface area contributed by atoms with Crippen molar-refractivity contribution in [2.45, 2.75) is 271 Å². The van der Waals surface area contributed by atoms with Crippen molar-refractivity contribution in [1.82, 2.24) is 0 Å². The van der Waals surface area contributed by atoms with E-state index in [1.807, 2.05) is 0 Å². The van der Waals surface area contributed by atoms with Crippen LogP contribution in [0, 0.1) is 0 Å². The lowest BCUT2D eigenvalue weighted by atomic mass is 10.1. The Morgan fingerprint density at radius 1 is 0.313 bits per heavy atom. The molecule has 1 atom stereocenters. The summed E-state index contributed by atoms with van der Waals surface area (Å²) in [5.41, 5.74) is 0. The molecule has 384 valence electrons. The van der Waals surface area contributed by atoms with Crippen LogP contribution in [0.4, 0.5) is 0 Å². The molecule has 0 fully saturated rings. The van der Waals surface area contributed by atoms with Gasteiger partial charge in [-0.2, -0.15) is 0 Å². The van der Waals surface area contributed by atoms with Crippen LogP contribution < -0.4 is 0 Å². The molecule has 0 aliphatic carbocycles. The van der Waals surface area contributed by atoms with Crippen molar-refractivity contribution in [2.75, 3.05) is 13.2 Å². The fourth-order valence-electron chi connectivity index (χ4n) is 7.63. The largest absolute Gasteiger partial charge is 0.462 e. The van der Waals surface area contributed by atoms with Gasteiger partial charge in [0.05, 0.1) is 0 Å². The normalized spacial score (nSPS) is 12.7. The predicted octanol–water partition coefficient (Wildman–Crippen LogP) is 18.8. The van der Waals surface area contributed by atoms with Crippen molar-refractivity contribution < 1.29 is 28.6 Å². The zero-order chi connectivity index (χ0) is 48.6. The van der Waals surface area contributed by atoms with Gasteiger partial charge in [-0.15, -0.1) is 0 Å². The van der Waals surface area contributed by atoms with E-state index >= 15 is 0 Å². The third-order valence-electron chi connectivity index (χ3n) is 11.9. The molecule has 6 heteroatoms. The van der Waals surface area contributed by atoms with E-state index in [1.165, 1.54) is 116 Å². The van der Waals surface area contributed by atoms with Crippen LogP contribution in [0.25, 0.3) is 0 Å². The summed E-state index contributed by atoms with van der Waals surface area (Å²) in [5, 5.41) is 0. The van der Waals surface area contributed by atoms with Crippen LogP contribution in [0.5, 0.6) is 0 Å². The molecule has 0 bridgehead atoms. The van der Waals surface area contributed by atoms with E-state index in [9.17, 15) is 14.4 Å². The van der Waals surface area contributed by atoms with Crippen molar-refractivity contribution in [3.05, 3.63) is 85.1 Å². The van der Waals surface area contributed by atoms with E-state index in [2.05, 4.69) is 106 Å². The molecule has 0 aliphatic heterocycles. The van der Waals surface area contributed by atoms with Crippen LogP contribution in [0.15, 0.2) is 85.1 Å². The second-order valence-corrected chi connectivity index (χ2v) is 18.5. The summed E-state index contributed by atoms with van der Waals surface area (Å²) in [5.74, 6) is -0.935. The fourth-order valence-corrected chi connectivity index (χ4v) is 7.63. The van der Waals surface area contributed by atoms with Crippen LogP contribution in [0.1, 0.15) is 265 Å². The summed E-state index contributed by atoms with van der Waals surface area (Å²) in [4.78, 5) is 38.1. The zero-order valence-corrected chi connectivity index (χ0v) is 43.9. The van der Waals surface area contributed by atoms with Gasteiger partial charge < -0.3 is 14.2 Å². The minimum Gasteiger partial charge on any atom is -0.462 e. The number of ether oxygens (including phenoxy) is 3. The molecule has 6 nitrogen and oxygen atoms in total. The Bertz CT molecular complexity index is 1300. The maximum atomic E-state index is 12.8. The van der Waals surface area contributed by atoms with Gasteiger partial charge in [-0.25, -0.2) is 0 Å². The molecule has 1 unspecified atom stereocenters. The summed E-state index contributed by atoms with van der Waals surface area (Å²) in [6.07, 6.45) is 71.4. The molecule has 0 amide bonds. The summed E-state index contributed by atoms with van der Waals surface area (Å²) in [6.45, 7) is 6.46. The van der Waals surface area contributed by atoms with E-state index in [-0.39, 0.29) is 31.1 Å². The fraction of sp³-hybridized carbons (Fsp3) is 0.721. The third-order valence-corrected chi connectivity index (χ3v) is 11.9. The lowest BCUT2D eigenvalue weighted by Gasteiger charge is -2.18. The Labute approximate surface area is 414 Å². The SMILES string of the molecule is CC/C=C\C/C=C\C/C=C\CCCCCC(=O)OCC(COC(=O)CCCCCCCCC/C=C\C/C=C\CCCCCC)OC(=O)CCCCCCCCC/C=C\C/C=C\CCCCCC. The van der Waals surface area contributed by atoms with Crippen LogP contribution in [0.2, 0.25) is 0 Å². The van der Waals surface area contributed by atoms with E-state index in [0.29, 0.717) is 19.3 Å². The minimum absolute atomic E-state index is 0.0936. The smallest absolute Gasteiger partial charge is 0.306 e. The first-order valence-electron chi connectivity index (χ1n) is 28.1. The molecule has 0 spiro atoms. The molecule has 0 heterocycles. The standard InChI is InChI=1S/C61H104O6/c1-4-7-10-13-16-19-22-25-27-29-31-33-36-39-42-45-48-51-54-60(63)66-57-58(56-65-59(62)53-50-47-44-41-38-35-24-21-18-15-12-9-6-3)67-61(64)55-52-49-46-43-40-37-34-32-30-28-26-23-20-17-14-11-8-5-2/h9,12,18-23,27-30,35,38,58H,4-8,10-11,13-17,24-26,31-34,36-37,39-57H2,1-3H3/b12-9-,21-18-,22-19-,23-20-,29-27-,30-28-,38-35-. The quantitative estimate of drug-likeness (QED) is 0.0262. The van der Waals surface area contributed by atoms with Crippen molar-refractivity contribution in [2.24, 2.45) is 0 Å². The lowest BCUT2D eigenvalue weighted by Crippen LogP contribution is -2.30. The maximum Gasteiger partial charge on any atom is 0.306 e. The lowest BCUT2D eigenvalue weighted by molar-refractivity contribution is -0.167. The number of carbonyl (C=O) groups excluding carboxylic acids is 3. The predicted molar refractivity (Wildman–Crippen MR) is 288 cm³/mol. The second kappa shape index (κ2) is 55.2. The molecule has 0 radical (unpaired) electrons. The number of hydrogen-bond acceptors (Lipinski definition) is 6. The maximum absolute atomic E-state index is 12.8. The molecular weight excluding hydrogens is 829 g/mol. The van der Waals surface area contributed by atoms with Crippen molar-refractivity contribution >= 4 is 17.9 Å². The number of carbonyl (C=O) groups is 3. The first kappa shape index (κ1) is 63.6. The van der Waals surface area contributed by atoms with Crippen LogP contribution in [-0.4, -0.2) is 37.2 Å². The van der Waals surface area contributed by atoms with Gasteiger partial charge in [-0.3, -0.25) is 14.4 Å². The van der Waals surface area contributed by atoms with Gasteiger partial charge in [0.2, 0.25) is 0 Å². The summed E-state index contributed by atoms with van der Waals surface area (Å²) in [6, 6.07) is 0. The highest BCUT2D eigenvalue weighted by Crippen LogP contribution is 2.14. The highest BCUT2D eigenvalue weighted by Gasteiger charge is 2.19. The molecule has 0 aliphatic rings. The first-order chi connectivity index (χ1) is 33.0. The Balaban J connectivity index is 4.43. The Hall–Kier alpha value is -3.41. The highest BCUT2D eigenvalue weighted by molar-refractivity contribution is 5.71. The van der Waals surface area contributed by atoms with Gasteiger partial charge in [0, 0.05) is 19.3 Å². The van der Waals surface area contributed by atoms with Gasteiger partial charge in [-0.1, -0.05) is 215 Å². The first-order valence-corrected chi connectivity index (χ1v) is 28.1. The van der Waals surface area contributed by atoms with Crippen LogP contribution >= 0.6 is 0 Å². The molecule has 0 aromatic heterocycles. The van der Waals surface area contributed by atoms with Crippen LogP contribution in [0.3, 0.4) is 0 Å². The van der Waals surface area contributed by atoms with Gasteiger partial charge in [0.1, 0.15) is 13.2 Å². The highest BCUT2D eigenvalue weighted by atomic mass is 16.6. The number of hydrogen-bond donors (Lipinski definition) is 0. The molecule has 0 saturated heterocycles. The van der Waals surface area contributed by atoms with Gasteiger partial charge in [0.15, 0.2) is 6.10 Å². The summed E-state index contributed by atoms with van der Waals surface area (Å²) >= 11 is 0. The Morgan fingerprint density at radius 2 is 0.582 bits per heavy atom. The third kappa shape index (κ3) is 53.4. The summed E-state index contributed by atoms with van der Waals surface area (Å²) < 4.78 is 16.8. The minimum atomic E-state index is -0.797. The number of esters is 3. The average molecular weight is 933 g/mol. The number of unbranched alkanes of at least 4 members (excludes halogenated alkanes) is 25. The molecule has 0 N–H and O–H groups in total. The van der Waals surface area contributed by atoms with E-state index < -0.39 is 6.10 Å². The number of rotatable bonds is 50. The Kier molecular flexibility index (Phi) is 52.4. The van der Waals surface area contributed by atoms with E-state index in [1.54, 1.807) is 0 Å². The molecular formula is C61H104O6. The number of allylic oxidation sites excluding steroid dienone is 14. The Morgan fingerprint density at radius 3 is 0.925 bits per heavy atom. The average Bonchev–Trinajstić information content (AvgIpc) is 3.33. The zero-order valence-electron chi connectivity index (χ0n) is 43.9. The topological polar surface area (TPSA) is 78.9 Å². The van der Waals surface area contributed by atoms with Crippen LogP contribution in [-0.2, 0) is 28.6 Å². The van der Waals surface area contributed by atoms with Crippen molar-refractivity contribution in [3.8, 4) is 0 Å². The van der Waals surface area contributed by atoms with Crippen molar-refractivity contribution in [1.29, 1.82) is 0 Å². The molecule has 0 aromatic carbocycles. The molecule has 0 aromatic rings. The van der Waals surface area contributed by atoms with Crippen molar-refractivity contribution in [3.63, 3.8) is 0 Å². The monoisotopic (exact) mass is 933 g/mol. The van der Waals surface area contributed by atoms with Gasteiger partial charge in [0.25, 0.3) is 0 Å².